The van der Waals surface area contributed by atoms with Crippen molar-refractivity contribution in [3.63, 3.8) is 0 Å². The fourth-order valence-corrected chi connectivity index (χ4v) is 4.43. The number of ether oxygens (including phenoxy) is 1. The third kappa shape index (κ3) is 5.77. The second kappa shape index (κ2) is 9.41. The minimum atomic E-state index is -3.76. The fraction of sp³-hybridized carbons (Fsp3) is 0.174. The maximum atomic E-state index is 12.7. The minimum absolute atomic E-state index is 0.0983. The van der Waals surface area contributed by atoms with E-state index in [9.17, 15) is 13.2 Å². The molecule has 0 saturated carbocycles. The van der Waals surface area contributed by atoms with Crippen molar-refractivity contribution >= 4 is 38.9 Å². The number of benzene rings is 3. The predicted octanol–water partition coefficient (Wildman–Crippen LogP) is 5.08. The van der Waals surface area contributed by atoms with Gasteiger partial charge in [0.25, 0.3) is 15.9 Å². The van der Waals surface area contributed by atoms with Crippen LogP contribution in [0.4, 0.5) is 11.4 Å². The zero-order valence-corrected chi connectivity index (χ0v) is 19.0. The van der Waals surface area contributed by atoms with Gasteiger partial charge in [-0.05, 0) is 79.9 Å². The van der Waals surface area contributed by atoms with Crippen molar-refractivity contribution in [3.05, 3.63) is 82.4 Å². The van der Waals surface area contributed by atoms with Gasteiger partial charge in [-0.15, -0.1) is 0 Å². The number of rotatable bonds is 7. The minimum Gasteiger partial charge on any atom is -0.483 e. The topological polar surface area (TPSA) is 84.5 Å². The number of halogens is 1. The lowest BCUT2D eigenvalue weighted by Gasteiger charge is -2.14. The number of nitrogens with one attached hydrogen (secondary N) is 2. The molecule has 0 spiro atoms. The summed E-state index contributed by atoms with van der Waals surface area (Å²) in [6, 6.07) is 16.6. The van der Waals surface area contributed by atoms with Crippen LogP contribution < -0.4 is 14.8 Å². The Kier molecular flexibility index (Phi) is 6.87. The quantitative estimate of drug-likeness (QED) is 0.516. The van der Waals surface area contributed by atoms with Gasteiger partial charge in [0, 0.05) is 10.7 Å². The maximum absolute atomic E-state index is 12.7. The molecule has 6 nitrogen and oxygen atoms in total. The predicted molar refractivity (Wildman–Crippen MR) is 123 cm³/mol. The molecule has 3 aromatic carbocycles. The molecule has 3 aromatic rings. The van der Waals surface area contributed by atoms with Crippen LogP contribution in [0.3, 0.4) is 0 Å². The summed E-state index contributed by atoms with van der Waals surface area (Å²) in [5.74, 6) is 0.206. The first-order chi connectivity index (χ1) is 14.7. The molecular weight excluding hydrogens is 436 g/mol. The average Bonchev–Trinajstić information content (AvgIpc) is 2.71. The smallest absolute Gasteiger partial charge is 0.262 e. The number of anilines is 2. The number of hydrogen-bond donors (Lipinski definition) is 2. The largest absolute Gasteiger partial charge is 0.483 e. The number of amides is 1. The molecule has 0 atom stereocenters. The van der Waals surface area contributed by atoms with Crippen molar-refractivity contribution in [2.75, 3.05) is 16.6 Å². The molecule has 2 N–H and O–H groups in total. The van der Waals surface area contributed by atoms with Crippen molar-refractivity contribution in [3.8, 4) is 5.75 Å². The molecule has 31 heavy (non-hydrogen) atoms. The second-order valence-corrected chi connectivity index (χ2v) is 9.26. The van der Waals surface area contributed by atoms with Gasteiger partial charge in [0.2, 0.25) is 0 Å². The van der Waals surface area contributed by atoms with Crippen molar-refractivity contribution < 1.29 is 17.9 Å². The Morgan fingerprint density at radius 1 is 0.935 bits per heavy atom. The van der Waals surface area contributed by atoms with Crippen molar-refractivity contribution in [2.45, 2.75) is 25.7 Å². The number of carbonyl (C=O) groups excluding carboxylic acids is 1. The molecule has 0 unspecified atom stereocenters. The van der Waals surface area contributed by atoms with Crippen molar-refractivity contribution in [1.82, 2.24) is 0 Å². The number of hydrogen-bond acceptors (Lipinski definition) is 4. The highest BCUT2D eigenvalue weighted by Gasteiger charge is 2.16. The Hall–Kier alpha value is -3.03. The first-order valence-corrected chi connectivity index (χ1v) is 11.4. The summed E-state index contributed by atoms with van der Waals surface area (Å²) in [5.41, 5.74) is 3.53. The normalized spacial score (nSPS) is 11.1. The lowest BCUT2D eigenvalue weighted by atomic mass is 10.1. The highest BCUT2D eigenvalue weighted by molar-refractivity contribution is 7.92. The molecule has 0 aliphatic heterocycles. The maximum Gasteiger partial charge on any atom is 0.262 e. The van der Waals surface area contributed by atoms with Crippen LogP contribution in [0.25, 0.3) is 0 Å². The molecule has 0 aromatic heterocycles. The molecule has 0 saturated heterocycles. The number of para-hydroxylation sites is 1. The van der Waals surface area contributed by atoms with E-state index in [-0.39, 0.29) is 17.4 Å². The Balaban J connectivity index is 1.63. The number of carbonyl (C=O) groups is 1. The lowest BCUT2D eigenvalue weighted by Crippen LogP contribution is -2.20. The van der Waals surface area contributed by atoms with Crippen molar-refractivity contribution in [2.24, 2.45) is 0 Å². The average molecular weight is 459 g/mol. The van der Waals surface area contributed by atoms with E-state index < -0.39 is 10.0 Å². The first-order valence-electron chi connectivity index (χ1n) is 9.53. The lowest BCUT2D eigenvalue weighted by molar-refractivity contribution is -0.118. The van der Waals surface area contributed by atoms with Crippen LogP contribution in [0.2, 0.25) is 5.02 Å². The molecule has 8 heteroatoms. The second-order valence-electron chi connectivity index (χ2n) is 7.14. The molecule has 162 valence electrons. The van der Waals surface area contributed by atoms with Gasteiger partial charge in [0.1, 0.15) is 5.75 Å². The SMILES string of the molecule is Cc1cc(Cl)ccc1OCC(=O)Nc1ccc(S(=O)(=O)Nc2c(C)cccc2C)cc1. The van der Waals surface area contributed by atoms with Crippen LogP contribution in [0, 0.1) is 20.8 Å². The fourth-order valence-electron chi connectivity index (χ4n) is 3.00. The molecule has 0 heterocycles. The van der Waals surface area contributed by atoms with E-state index in [1.54, 1.807) is 18.2 Å². The standard InChI is InChI=1S/C23H23ClN2O4S/c1-15-5-4-6-16(2)23(15)26-31(28,29)20-10-8-19(9-11-20)25-22(27)14-30-21-12-7-18(24)13-17(21)3/h4-13,26H,14H2,1-3H3,(H,25,27). The molecule has 0 bridgehead atoms. The zero-order chi connectivity index (χ0) is 22.6. The molecule has 0 fully saturated rings. The van der Waals surface area contributed by atoms with Gasteiger partial charge in [-0.25, -0.2) is 8.42 Å². The summed E-state index contributed by atoms with van der Waals surface area (Å²) in [6.45, 7) is 5.34. The van der Waals surface area contributed by atoms with Gasteiger partial charge in [-0.2, -0.15) is 0 Å². The summed E-state index contributed by atoms with van der Waals surface area (Å²) < 4.78 is 33.6. The molecule has 3 rings (SSSR count). The summed E-state index contributed by atoms with van der Waals surface area (Å²) in [6.07, 6.45) is 0. The molecule has 1 amide bonds. The number of sulfonamides is 1. The van der Waals surface area contributed by atoms with Crippen LogP contribution in [0.1, 0.15) is 16.7 Å². The highest BCUT2D eigenvalue weighted by atomic mass is 35.5. The van der Waals surface area contributed by atoms with Gasteiger partial charge < -0.3 is 10.1 Å². The highest BCUT2D eigenvalue weighted by Crippen LogP contribution is 2.24. The number of aryl methyl sites for hydroxylation is 3. The molecule has 0 aliphatic rings. The third-order valence-electron chi connectivity index (χ3n) is 4.66. The van der Waals surface area contributed by atoms with Gasteiger partial charge in [0.15, 0.2) is 6.61 Å². The van der Waals surface area contributed by atoms with E-state index in [1.807, 2.05) is 39.0 Å². The first kappa shape index (κ1) is 22.7. The summed E-state index contributed by atoms with van der Waals surface area (Å²) in [4.78, 5) is 12.3. The summed E-state index contributed by atoms with van der Waals surface area (Å²) in [5, 5.41) is 3.28. The van der Waals surface area contributed by atoms with Crippen LogP contribution in [-0.4, -0.2) is 20.9 Å². The molecular formula is C23H23ClN2O4S. The van der Waals surface area contributed by atoms with E-state index in [0.29, 0.717) is 22.1 Å². The van der Waals surface area contributed by atoms with Gasteiger partial charge in [0.05, 0.1) is 10.6 Å². The monoisotopic (exact) mass is 458 g/mol. The van der Waals surface area contributed by atoms with Crippen LogP contribution >= 0.6 is 11.6 Å². The van der Waals surface area contributed by atoms with Gasteiger partial charge >= 0.3 is 0 Å². The van der Waals surface area contributed by atoms with E-state index in [0.717, 1.165) is 16.7 Å². The third-order valence-corrected chi connectivity index (χ3v) is 6.26. The zero-order valence-electron chi connectivity index (χ0n) is 17.4. The Labute approximate surface area is 187 Å². The van der Waals surface area contributed by atoms with E-state index in [1.165, 1.54) is 24.3 Å². The Morgan fingerprint density at radius 2 is 1.58 bits per heavy atom. The van der Waals surface area contributed by atoms with Crippen LogP contribution in [0.15, 0.2) is 65.6 Å². The van der Waals surface area contributed by atoms with Gasteiger partial charge in [-0.3, -0.25) is 9.52 Å². The Morgan fingerprint density at radius 3 is 2.19 bits per heavy atom. The molecule has 0 aliphatic carbocycles. The van der Waals surface area contributed by atoms with Gasteiger partial charge in [-0.1, -0.05) is 29.8 Å². The Bertz CT molecular complexity index is 1190. The van der Waals surface area contributed by atoms with E-state index in [2.05, 4.69) is 10.0 Å². The van der Waals surface area contributed by atoms with E-state index in [4.69, 9.17) is 16.3 Å². The van der Waals surface area contributed by atoms with E-state index >= 15 is 0 Å². The van der Waals surface area contributed by atoms with Crippen molar-refractivity contribution in [1.29, 1.82) is 0 Å². The van der Waals surface area contributed by atoms with Crippen LogP contribution in [0.5, 0.6) is 5.75 Å². The molecule has 0 radical (unpaired) electrons. The summed E-state index contributed by atoms with van der Waals surface area (Å²) >= 11 is 5.91. The van der Waals surface area contributed by atoms with Crippen LogP contribution in [-0.2, 0) is 14.8 Å². The summed E-state index contributed by atoms with van der Waals surface area (Å²) in [7, 11) is -3.76.